The lowest BCUT2D eigenvalue weighted by molar-refractivity contribution is -0.149. The molecule has 152 valence electrons. The lowest BCUT2D eigenvalue weighted by Crippen LogP contribution is -2.39. The molecule has 4 rings (SSSR count). The maximum absolute atomic E-state index is 12.4. The molecule has 6 heteroatoms. The maximum atomic E-state index is 12.4. The molecule has 0 unspecified atom stereocenters. The number of carboxylic acid groups (broad SMARTS) is 1. The van der Waals surface area contributed by atoms with E-state index < -0.39 is 11.4 Å². The Morgan fingerprint density at radius 2 is 1.79 bits per heavy atom. The van der Waals surface area contributed by atoms with Crippen molar-refractivity contribution in [3.8, 4) is 0 Å². The third-order valence-electron chi connectivity index (χ3n) is 6.85. The SMILES string of the molecule is O=C(CN1C[C@@H]2CCC[C@@]2(C(=O)O)C1)NCc1ccc(CN2CCCC2)cc1. The lowest BCUT2D eigenvalue weighted by Gasteiger charge is -2.23. The van der Waals surface area contributed by atoms with Gasteiger partial charge in [0.25, 0.3) is 0 Å². The van der Waals surface area contributed by atoms with Crippen molar-refractivity contribution in [2.24, 2.45) is 11.3 Å². The van der Waals surface area contributed by atoms with Crippen LogP contribution in [0.3, 0.4) is 0 Å². The highest BCUT2D eigenvalue weighted by molar-refractivity contribution is 5.79. The standard InChI is InChI=1S/C22H31N3O3/c26-20(15-25-14-19-4-3-9-22(19,16-25)21(27)28)23-12-17-5-7-18(8-6-17)13-24-10-1-2-11-24/h5-8,19H,1-4,9-16H2,(H,23,26)(H,27,28)/t19-,22+/m0/s1. The molecule has 0 spiro atoms. The summed E-state index contributed by atoms with van der Waals surface area (Å²) in [6, 6.07) is 8.48. The Bertz CT molecular complexity index is 714. The summed E-state index contributed by atoms with van der Waals surface area (Å²) in [6.07, 6.45) is 5.30. The largest absolute Gasteiger partial charge is 0.481 e. The minimum Gasteiger partial charge on any atom is -0.481 e. The number of nitrogens with zero attached hydrogens (tertiary/aromatic N) is 2. The molecule has 1 aromatic rings. The summed E-state index contributed by atoms with van der Waals surface area (Å²) in [5, 5.41) is 12.6. The van der Waals surface area contributed by atoms with Crippen molar-refractivity contribution in [3.05, 3.63) is 35.4 Å². The molecular formula is C22H31N3O3. The summed E-state index contributed by atoms with van der Waals surface area (Å²) in [4.78, 5) is 28.6. The van der Waals surface area contributed by atoms with E-state index in [1.165, 1.54) is 31.5 Å². The first-order valence-corrected chi connectivity index (χ1v) is 10.6. The molecule has 3 aliphatic rings. The molecule has 6 nitrogen and oxygen atoms in total. The predicted molar refractivity (Wildman–Crippen MR) is 107 cm³/mol. The fraction of sp³-hybridized carbons (Fsp3) is 0.636. The average molecular weight is 386 g/mol. The van der Waals surface area contributed by atoms with Gasteiger partial charge in [-0.1, -0.05) is 30.7 Å². The fourth-order valence-corrected chi connectivity index (χ4v) is 5.28. The Morgan fingerprint density at radius 3 is 2.46 bits per heavy atom. The molecule has 0 radical (unpaired) electrons. The highest BCUT2D eigenvalue weighted by Crippen LogP contribution is 2.48. The van der Waals surface area contributed by atoms with Crippen LogP contribution in [0, 0.1) is 11.3 Å². The van der Waals surface area contributed by atoms with E-state index in [0.29, 0.717) is 19.6 Å². The molecule has 1 amide bonds. The average Bonchev–Trinajstić information content (AvgIpc) is 3.37. The second-order valence-electron chi connectivity index (χ2n) is 8.80. The van der Waals surface area contributed by atoms with Crippen LogP contribution in [0.15, 0.2) is 24.3 Å². The van der Waals surface area contributed by atoms with E-state index in [2.05, 4.69) is 34.5 Å². The summed E-state index contributed by atoms with van der Waals surface area (Å²) in [5.74, 6) is -0.519. The molecule has 2 aliphatic heterocycles. The quantitative estimate of drug-likeness (QED) is 0.752. The van der Waals surface area contributed by atoms with Gasteiger partial charge in [0.15, 0.2) is 0 Å². The lowest BCUT2D eigenvalue weighted by atomic mass is 9.81. The van der Waals surface area contributed by atoms with Crippen LogP contribution in [-0.4, -0.2) is 59.5 Å². The molecular weight excluding hydrogens is 354 g/mol. The van der Waals surface area contributed by atoms with Gasteiger partial charge in [-0.2, -0.15) is 0 Å². The Kier molecular flexibility index (Phi) is 5.69. The van der Waals surface area contributed by atoms with Gasteiger partial charge in [-0.05, 0) is 55.8 Å². The summed E-state index contributed by atoms with van der Waals surface area (Å²) in [6.45, 7) is 5.43. The van der Waals surface area contributed by atoms with Gasteiger partial charge in [0, 0.05) is 26.2 Å². The molecule has 0 aromatic heterocycles. The van der Waals surface area contributed by atoms with Gasteiger partial charge < -0.3 is 10.4 Å². The fourth-order valence-electron chi connectivity index (χ4n) is 5.28. The van der Waals surface area contributed by atoms with E-state index in [9.17, 15) is 14.7 Å². The van der Waals surface area contributed by atoms with E-state index in [1.807, 2.05) is 4.90 Å². The van der Waals surface area contributed by atoms with Crippen LogP contribution < -0.4 is 5.32 Å². The first-order chi connectivity index (χ1) is 13.5. The molecule has 3 fully saturated rings. The maximum Gasteiger partial charge on any atom is 0.311 e. The first kappa shape index (κ1) is 19.4. The Hall–Kier alpha value is -1.92. The van der Waals surface area contributed by atoms with Crippen molar-refractivity contribution in [2.45, 2.75) is 45.2 Å². The van der Waals surface area contributed by atoms with Crippen molar-refractivity contribution in [1.29, 1.82) is 0 Å². The van der Waals surface area contributed by atoms with Crippen LogP contribution in [0.2, 0.25) is 0 Å². The summed E-state index contributed by atoms with van der Waals surface area (Å²) in [5.41, 5.74) is 1.80. The molecule has 2 N–H and O–H groups in total. The number of nitrogens with one attached hydrogen (secondary N) is 1. The van der Waals surface area contributed by atoms with Crippen molar-refractivity contribution in [1.82, 2.24) is 15.1 Å². The highest BCUT2D eigenvalue weighted by Gasteiger charge is 2.54. The first-order valence-electron chi connectivity index (χ1n) is 10.6. The Morgan fingerprint density at radius 1 is 1.07 bits per heavy atom. The number of carbonyl (C=O) groups excluding carboxylic acids is 1. The number of likely N-dealkylation sites (tertiary alicyclic amines) is 2. The summed E-state index contributed by atoms with van der Waals surface area (Å²) < 4.78 is 0. The number of amides is 1. The second-order valence-corrected chi connectivity index (χ2v) is 8.80. The number of hydrogen-bond donors (Lipinski definition) is 2. The number of hydrogen-bond acceptors (Lipinski definition) is 4. The van der Waals surface area contributed by atoms with Gasteiger partial charge in [-0.25, -0.2) is 0 Å². The number of carbonyl (C=O) groups is 2. The van der Waals surface area contributed by atoms with Crippen LogP contribution in [0.5, 0.6) is 0 Å². The Labute approximate surface area is 166 Å². The Balaban J connectivity index is 1.23. The van der Waals surface area contributed by atoms with Crippen LogP contribution in [0.4, 0.5) is 0 Å². The normalized spacial score (nSPS) is 27.8. The number of rotatable bonds is 7. The van der Waals surface area contributed by atoms with Crippen LogP contribution >= 0.6 is 0 Å². The molecule has 28 heavy (non-hydrogen) atoms. The number of benzene rings is 1. The van der Waals surface area contributed by atoms with E-state index in [0.717, 1.165) is 37.9 Å². The van der Waals surface area contributed by atoms with Crippen LogP contribution in [0.1, 0.15) is 43.2 Å². The van der Waals surface area contributed by atoms with Crippen molar-refractivity contribution in [3.63, 3.8) is 0 Å². The van der Waals surface area contributed by atoms with Gasteiger partial charge in [0.05, 0.1) is 12.0 Å². The number of fused-ring (bicyclic) bond motifs is 1. The van der Waals surface area contributed by atoms with E-state index >= 15 is 0 Å². The molecule has 2 atom stereocenters. The van der Waals surface area contributed by atoms with Crippen molar-refractivity contribution < 1.29 is 14.7 Å². The smallest absolute Gasteiger partial charge is 0.311 e. The third-order valence-corrected chi connectivity index (χ3v) is 6.85. The minimum atomic E-state index is -0.688. The molecule has 1 aliphatic carbocycles. The van der Waals surface area contributed by atoms with Gasteiger partial charge in [-0.3, -0.25) is 19.4 Å². The van der Waals surface area contributed by atoms with Gasteiger partial charge >= 0.3 is 5.97 Å². The molecule has 0 bridgehead atoms. The van der Waals surface area contributed by atoms with Gasteiger partial charge in [-0.15, -0.1) is 0 Å². The van der Waals surface area contributed by atoms with Crippen molar-refractivity contribution >= 4 is 11.9 Å². The molecule has 2 saturated heterocycles. The molecule has 1 saturated carbocycles. The zero-order valence-corrected chi connectivity index (χ0v) is 16.5. The van der Waals surface area contributed by atoms with E-state index in [-0.39, 0.29) is 11.8 Å². The van der Waals surface area contributed by atoms with Gasteiger partial charge in [0.1, 0.15) is 0 Å². The highest BCUT2D eigenvalue weighted by atomic mass is 16.4. The topological polar surface area (TPSA) is 72.9 Å². The predicted octanol–water partition coefficient (Wildman–Crippen LogP) is 2.09. The van der Waals surface area contributed by atoms with Gasteiger partial charge in [0.2, 0.25) is 5.91 Å². The van der Waals surface area contributed by atoms with E-state index in [4.69, 9.17) is 0 Å². The van der Waals surface area contributed by atoms with E-state index in [1.54, 1.807) is 0 Å². The zero-order chi connectivity index (χ0) is 19.6. The summed E-state index contributed by atoms with van der Waals surface area (Å²) >= 11 is 0. The second kappa shape index (κ2) is 8.21. The number of aliphatic carboxylic acids is 1. The third kappa shape index (κ3) is 4.08. The number of carboxylic acids is 1. The monoisotopic (exact) mass is 385 g/mol. The molecule has 1 aromatic carbocycles. The minimum absolute atomic E-state index is 0.0262. The zero-order valence-electron chi connectivity index (χ0n) is 16.5. The summed E-state index contributed by atoms with van der Waals surface area (Å²) in [7, 11) is 0. The molecule has 2 heterocycles. The van der Waals surface area contributed by atoms with Crippen LogP contribution in [-0.2, 0) is 22.7 Å². The van der Waals surface area contributed by atoms with Crippen LogP contribution in [0.25, 0.3) is 0 Å². The van der Waals surface area contributed by atoms with Crippen molar-refractivity contribution in [2.75, 3.05) is 32.7 Å².